The van der Waals surface area contributed by atoms with Gasteiger partial charge in [0.25, 0.3) is 0 Å². The van der Waals surface area contributed by atoms with Crippen LogP contribution in [-0.2, 0) is 6.42 Å². The van der Waals surface area contributed by atoms with Gasteiger partial charge in [-0.3, -0.25) is 0 Å². The van der Waals surface area contributed by atoms with E-state index in [2.05, 4.69) is 38.1 Å². The van der Waals surface area contributed by atoms with E-state index in [1.54, 1.807) is 6.07 Å². The van der Waals surface area contributed by atoms with E-state index in [-0.39, 0.29) is 6.04 Å². The summed E-state index contributed by atoms with van der Waals surface area (Å²) in [5, 5.41) is 1.23. The summed E-state index contributed by atoms with van der Waals surface area (Å²) in [5.41, 5.74) is 9.58. The minimum atomic E-state index is -0.229. The molecule has 0 spiro atoms. The summed E-state index contributed by atoms with van der Waals surface area (Å²) in [7, 11) is 0. The molecule has 1 unspecified atom stereocenters. The predicted molar refractivity (Wildman–Crippen MR) is 87.5 cm³/mol. The van der Waals surface area contributed by atoms with E-state index in [1.165, 1.54) is 5.56 Å². The largest absolute Gasteiger partial charge is 0.320 e. The topological polar surface area (TPSA) is 26.0 Å². The van der Waals surface area contributed by atoms with Gasteiger partial charge in [0, 0.05) is 10.0 Å². The number of rotatable bonds is 4. The number of nitrogens with two attached hydrogens (primary N) is 1. The highest BCUT2D eigenvalue weighted by atomic mass is 35.5. The van der Waals surface area contributed by atoms with E-state index < -0.39 is 0 Å². The maximum atomic E-state index is 6.29. The van der Waals surface area contributed by atoms with Gasteiger partial charge < -0.3 is 5.73 Å². The summed E-state index contributed by atoms with van der Waals surface area (Å²) in [6.07, 6.45) is 1.08. The van der Waals surface area contributed by atoms with Gasteiger partial charge in [-0.15, -0.1) is 0 Å². The summed E-state index contributed by atoms with van der Waals surface area (Å²) in [6.45, 7) is 4.43. The highest BCUT2D eigenvalue weighted by Crippen LogP contribution is 2.29. The van der Waals surface area contributed by atoms with Crippen LogP contribution in [0.5, 0.6) is 0 Å². The molecule has 0 fully saturated rings. The van der Waals surface area contributed by atoms with Crippen LogP contribution in [0.4, 0.5) is 0 Å². The van der Waals surface area contributed by atoms with Crippen LogP contribution in [0.25, 0.3) is 0 Å². The van der Waals surface area contributed by atoms with Crippen molar-refractivity contribution < 1.29 is 0 Å². The summed E-state index contributed by atoms with van der Waals surface area (Å²) < 4.78 is 0. The minimum Gasteiger partial charge on any atom is -0.320 e. The van der Waals surface area contributed by atoms with Crippen LogP contribution in [0.15, 0.2) is 42.5 Å². The molecule has 0 saturated carbocycles. The van der Waals surface area contributed by atoms with Crippen molar-refractivity contribution in [1.82, 2.24) is 0 Å². The molecule has 0 saturated heterocycles. The summed E-state index contributed by atoms with van der Waals surface area (Å²) in [4.78, 5) is 0. The van der Waals surface area contributed by atoms with Crippen molar-refractivity contribution in [2.45, 2.75) is 26.3 Å². The molecule has 2 aromatic rings. The van der Waals surface area contributed by atoms with Gasteiger partial charge in [0.2, 0.25) is 0 Å². The number of hydrogen-bond donors (Lipinski definition) is 1. The van der Waals surface area contributed by atoms with Gasteiger partial charge in [-0.25, -0.2) is 0 Å². The highest BCUT2D eigenvalue weighted by Gasteiger charge is 2.12. The second-order valence-corrected chi connectivity index (χ2v) is 6.33. The van der Waals surface area contributed by atoms with Gasteiger partial charge in [-0.1, -0.05) is 67.4 Å². The van der Waals surface area contributed by atoms with Crippen molar-refractivity contribution in [2.24, 2.45) is 11.7 Å². The second-order valence-electron chi connectivity index (χ2n) is 5.48. The summed E-state index contributed by atoms with van der Waals surface area (Å²) in [6, 6.07) is 13.6. The maximum Gasteiger partial charge on any atom is 0.0566 e. The van der Waals surface area contributed by atoms with Crippen molar-refractivity contribution in [1.29, 1.82) is 0 Å². The molecule has 2 N–H and O–H groups in total. The van der Waals surface area contributed by atoms with E-state index in [0.717, 1.165) is 17.5 Å². The molecule has 2 aromatic carbocycles. The van der Waals surface area contributed by atoms with E-state index in [9.17, 15) is 0 Å². The summed E-state index contributed by atoms with van der Waals surface area (Å²) in [5.74, 6) is 0.653. The van der Waals surface area contributed by atoms with Crippen molar-refractivity contribution in [3.8, 4) is 0 Å². The third-order valence-corrected chi connectivity index (χ3v) is 3.84. The van der Waals surface area contributed by atoms with Crippen molar-refractivity contribution in [3.05, 3.63) is 69.2 Å². The zero-order chi connectivity index (χ0) is 14.7. The molecule has 0 aromatic heterocycles. The SMILES string of the molecule is CC(C)Cc1ccc(C(N)c2ccc(Cl)cc2Cl)cc1. The average Bonchev–Trinajstić information content (AvgIpc) is 2.38. The van der Waals surface area contributed by atoms with Crippen molar-refractivity contribution >= 4 is 23.2 Å². The first-order chi connectivity index (χ1) is 9.47. The van der Waals surface area contributed by atoms with Crippen molar-refractivity contribution in [3.63, 3.8) is 0 Å². The third kappa shape index (κ3) is 3.76. The van der Waals surface area contributed by atoms with Gasteiger partial charge in [0.1, 0.15) is 0 Å². The molecular formula is C17H19Cl2N. The van der Waals surface area contributed by atoms with E-state index in [1.807, 2.05) is 12.1 Å². The highest BCUT2D eigenvalue weighted by molar-refractivity contribution is 6.35. The van der Waals surface area contributed by atoms with Crippen LogP contribution in [0, 0.1) is 5.92 Å². The Morgan fingerprint density at radius 3 is 2.20 bits per heavy atom. The lowest BCUT2D eigenvalue weighted by Gasteiger charge is -2.15. The van der Waals surface area contributed by atoms with Crippen LogP contribution in [-0.4, -0.2) is 0 Å². The van der Waals surface area contributed by atoms with Crippen LogP contribution >= 0.6 is 23.2 Å². The molecular weight excluding hydrogens is 289 g/mol. The fourth-order valence-electron chi connectivity index (χ4n) is 2.27. The first kappa shape index (κ1) is 15.4. The standard InChI is InChI=1S/C17H19Cl2N/c1-11(2)9-12-3-5-13(6-4-12)17(20)15-8-7-14(18)10-16(15)19/h3-8,10-11,17H,9,20H2,1-2H3. The fraction of sp³-hybridized carbons (Fsp3) is 0.294. The third-order valence-electron chi connectivity index (χ3n) is 3.28. The monoisotopic (exact) mass is 307 g/mol. The van der Waals surface area contributed by atoms with Gasteiger partial charge in [-0.2, -0.15) is 0 Å². The molecule has 0 amide bonds. The van der Waals surface area contributed by atoms with Gasteiger partial charge in [-0.05, 0) is 41.2 Å². The Labute approximate surface area is 130 Å². The quantitative estimate of drug-likeness (QED) is 0.821. The minimum absolute atomic E-state index is 0.229. The van der Waals surface area contributed by atoms with Crippen LogP contribution < -0.4 is 5.73 Å². The molecule has 0 heterocycles. The van der Waals surface area contributed by atoms with Crippen LogP contribution in [0.1, 0.15) is 36.6 Å². The van der Waals surface area contributed by atoms with Crippen LogP contribution in [0.3, 0.4) is 0 Å². The Bertz CT molecular complexity index is 576. The molecule has 0 bridgehead atoms. The zero-order valence-electron chi connectivity index (χ0n) is 11.7. The molecule has 0 aliphatic rings. The van der Waals surface area contributed by atoms with Gasteiger partial charge in [0.15, 0.2) is 0 Å². The van der Waals surface area contributed by atoms with E-state index in [4.69, 9.17) is 28.9 Å². The predicted octanol–water partition coefficient (Wildman–Crippen LogP) is 5.24. The molecule has 0 aliphatic heterocycles. The van der Waals surface area contributed by atoms with Crippen molar-refractivity contribution in [2.75, 3.05) is 0 Å². The number of hydrogen-bond acceptors (Lipinski definition) is 1. The molecule has 3 heteroatoms. The second kappa shape index (κ2) is 6.62. The number of halogens is 2. The first-order valence-corrected chi connectivity index (χ1v) is 7.52. The lowest BCUT2D eigenvalue weighted by Crippen LogP contribution is -2.12. The molecule has 0 aliphatic carbocycles. The Balaban J connectivity index is 2.22. The molecule has 1 nitrogen and oxygen atoms in total. The normalized spacial score (nSPS) is 12.7. The Morgan fingerprint density at radius 1 is 1.00 bits per heavy atom. The average molecular weight is 308 g/mol. The van der Waals surface area contributed by atoms with Gasteiger partial charge >= 0.3 is 0 Å². The molecule has 2 rings (SSSR count). The lowest BCUT2D eigenvalue weighted by atomic mass is 9.96. The van der Waals surface area contributed by atoms with Gasteiger partial charge in [0.05, 0.1) is 6.04 Å². The molecule has 20 heavy (non-hydrogen) atoms. The first-order valence-electron chi connectivity index (χ1n) is 6.76. The fourth-order valence-corrected chi connectivity index (χ4v) is 2.79. The molecule has 0 radical (unpaired) electrons. The maximum absolute atomic E-state index is 6.29. The van der Waals surface area contributed by atoms with E-state index in [0.29, 0.717) is 16.0 Å². The van der Waals surface area contributed by atoms with E-state index >= 15 is 0 Å². The molecule has 1 atom stereocenters. The molecule has 106 valence electrons. The Morgan fingerprint density at radius 2 is 1.65 bits per heavy atom. The van der Waals surface area contributed by atoms with Crippen LogP contribution in [0.2, 0.25) is 10.0 Å². The smallest absolute Gasteiger partial charge is 0.0566 e. The zero-order valence-corrected chi connectivity index (χ0v) is 13.2. The Kier molecular flexibility index (Phi) is 5.09. The lowest BCUT2D eigenvalue weighted by molar-refractivity contribution is 0.647. The summed E-state index contributed by atoms with van der Waals surface area (Å²) >= 11 is 12.1. The Hall–Kier alpha value is -1.02. The number of benzene rings is 2.